The number of nitrogens with zero attached hydrogens (tertiary/aromatic N) is 10. The van der Waals surface area contributed by atoms with Crippen LogP contribution in [0.5, 0.6) is 0 Å². The van der Waals surface area contributed by atoms with Gasteiger partial charge in [0.15, 0.2) is 11.6 Å². The molecule has 16 heteroatoms. The van der Waals surface area contributed by atoms with Crippen molar-refractivity contribution >= 4 is 68.2 Å². The summed E-state index contributed by atoms with van der Waals surface area (Å²) in [5.74, 6) is 0.712. The van der Waals surface area contributed by atoms with Crippen molar-refractivity contribution in [2.45, 2.75) is 26.2 Å². The zero-order valence-electron chi connectivity index (χ0n) is 34.8. The molecule has 64 heavy (non-hydrogen) atoms. The summed E-state index contributed by atoms with van der Waals surface area (Å²) in [5, 5.41) is 37.3. The first kappa shape index (κ1) is 39.5. The normalized spacial score (nSPS) is 11.8. The van der Waals surface area contributed by atoms with E-state index in [0.717, 1.165) is 51.0 Å². The minimum Gasteiger partial charge on any atom is -0.352 e. The molecular formula is C48H40N14O2. The zero-order valence-corrected chi connectivity index (χ0v) is 34.8. The first-order valence-corrected chi connectivity index (χ1v) is 20.8. The number of aromatic nitrogens is 10. The van der Waals surface area contributed by atoms with E-state index in [2.05, 4.69) is 109 Å². The van der Waals surface area contributed by atoms with E-state index in [9.17, 15) is 9.59 Å². The SMILES string of the molecule is Cc1ccc(CCNC(=O)c2ccc(Nc3nc4ccc(-c5cccc(C(C)CNC(=O)c6ccc(Nc7nc8ccccc8n8nnnc78)cc6)c5)cc4n4nnnc34)cc2)cc1. The fourth-order valence-electron chi connectivity index (χ4n) is 7.56. The molecule has 4 N–H and O–H groups in total. The number of carbonyl (C=O) groups is 2. The van der Waals surface area contributed by atoms with E-state index in [-0.39, 0.29) is 17.7 Å². The van der Waals surface area contributed by atoms with E-state index in [1.807, 2.05) is 72.8 Å². The molecule has 1 atom stereocenters. The Morgan fingerprint density at radius 2 is 1.19 bits per heavy atom. The van der Waals surface area contributed by atoms with Gasteiger partial charge in [0.05, 0.1) is 22.1 Å². The van der Waals surface area contributed by atoms with E-state index in [4.69, 9.17) is 9.97 Å². The van der Waals surface area contributed by atoms with Gasteiger partial charge in [-0.25, -0.2) is 9.97 Å². The lowest BCUT2D eigenvalue weighted by Crippen LogP contribution is -2.27. The number of carbonyl (C=O) groups excluding carboxylic acids is 2. The highest BCUT2D eigenvalue weighted by molar-refractivity contribution is 5.95. The molecule has 0 fully saturated rings. The van der Waals surface area contributed by atoms with Crippen LogP contribution in [-0.4, -0.2) is 75.0 Å². The Kier molecular flexibility index (Phi) is 10.5. The highest BCUT2D eigenvalue weighted by atomic mass is 16.2. The molecular weight excluding hydrogens is 805 g/mol. The molecule has 4 heterocycles. The number of rotatable bonds is 13. The maximum absolute atomic E-state index is 13.3. The van der Waals surface area contributed by atoms with Crippen LogP contribution >= 0.6 is 0 Å². The molecule has 10 aromatic rings. The van der Waals surface area contributed by atoms with Crippen molar-refractivity contribution in [2.75, 3.05) is 23.7 Å². The summed E-state index contributed by atoms with van der Waals surface area (Å²) in [7, 11) is 0. The monoisotopic (exact) mass is 844 g/mol. The number of para-hydroxylation sites is 2. The van der Waals surface area contributed by atoms with Gasteiger partial charge < -0.3 is 21.3 Å². The number of fused-ring (bicyclic) bond motifs is 6. The second-order valence-corrected chi connectivity index (χ2v) is 15.6. The summed E-state index contributed by atoms with van der Waals surface area (Å²) in [4.78, 5) is 35.7. The number of benzene rings is 6. The molecule has 6 aromatic carbocycles. The van der Waals surface area contributed by atoms with Crippen LogP contribution in [0.25, 0.3) is 44.5 Å². The highest BCUT2D eigenvalue weighted by Gasteiger charge is 2.17. The van der Waals surface area contributed by atoms with E-state index in [1.54, 1.807) is 33.3 Å². The van der Waals surface area contributed by atoms with Crippen LogP contribution < -0.4 is 21.3 Å². The summed E-state index contributed by atoms with van der Waals surface area (Å²) in [6, 6.07) is 44.6. The molecule has 0 saturated heterocycles. The molecule has 0 saturated carbocycles. The molecule has 0 bridgehead atoms. The van der Waals surface area contributed by atoms with Crippen LogP contribution in [0.2, 0.25) is 0 Å². The number of hydrogen-bond donors (Lipinski definition) is 4. The number of aryl methyl sites for hydroxylation is 1. The number of anilines is 4. The fourth-order valence-corrected chi connectivity index (χ4v) is 7.56. The molecule has 4 aromatic heterocycles. The maximum Gasteiger partial charge on any atom is 0.251 e. The lowest BCUT2D eigenvalue weighted by atomic mass is 9.96. The van der Waals surface area contributed by atoms with Gasteiger partial charge in [-0.05, 0) is 135 Å². The predicted octanol–water partition coefficient (Wildman–Crippen LogP) is 7.63. The van der Waals surface area contributed by atoms with Gasteiger partial charge >= 0.3 is 0 Å². The summed E-state index contributed by atoms with van der Waals surface area (Å²) < 4.78 is 3.31. The van der Waals surface area contributed by atoms with Crippen LogP contribution in [0.4, 0.5) is 23.0 Å². The third-order valence-corrected chi connectivity index (χ3v) is 11.1. The molecule has 2 amide bonds. The second kappa shape index (κ2) is 17.0. The van der Waals surface area contributed by atoms with Crippen LogP contribution in [0, 0.1) is 6.92 Å². The average Bonchev–Trinajstić information content (AvgIpc) is 4.04. The number of amides is 2. The topological polar surface area (TPSA) is 194 Å². The van der Waals surface area contributed by atoms with E-state index < -0.39 is 0 Å². The third kappa shape index (κ3) is 8.10. The van der Waals surface area contributed by atoms with Crippen molar-refractivity contribution in [1.29, 1.82) is 0 Å². The predicted molar refractivity (Wildman–Crippen MR) is 245 cm³/mol. The summed E-state index contributed by atoms with van der Waals surface area (Å²) in [6.45, 7) is 5.13. The van der Waals surface area contributed by atoms with Crippen molar-refractivity contribution in [3.63, 3.8) is 0 Å². The van der Waals surface area contributed by atoms with E-state index in [1.165, 1.54) is 11.1 Å². The van der Waals surface area contributed by atoms with Crippen LogP contribution in [-0.2, 0) is 6.42 Å². The number of tetrazole rings is 2. The largest absolute Gasteiger partial charge is 0.352 e. The van der Waals surface area contributed by atoms with Gasteiger partial charge in [-0.1, -0.05) is 79.2 Å². The lowest BCUT2D eigenvalue weighted by molar-refractivity contribution is 0.0944. The molecule has 0 aliphatic carbocycles. The molecule has 314 valence electrons. The Hall–Kier alpha value is -8.66. The summed E-state index contributed by atoms with van der Waals surface area (Å²) >= 11 is 0. The van der Waals surface area contributed by atoms with Crippen molar-refractivity contribution in [1.82, 2.24) is 60.7 Å². The molecule has 10 rings (SSSR count). The van der Waals surface area contributed by atoms with Gasteiger partial charge in [0.1, 0.15) is 0 Å². The van der Waals surface area contributed by atoms with Crippen molar-refractivity contribution in [3.05, 3.63) is 167 Å². The standard InChI is InChI=1S/C48H40N14O2/c1-29-10-12-31(13-11-29)24-25-49-47(63)32-14-19-37(20-15-32)52-44-46-56-58-60-62(46)42-27-36(18-23-40(42)54-44)35-7-5-6-34(26-35)30(2)28-50-48(64)33-16-21-38(22-17-33)51-43-45-55-57-59-61(45)41-9-4-3-8-39(41)53-43/h3-23,26-27,30H,24-25,28H2,1-2H3,(H,49,63)(H,50,64)(H,51,53)(H,52,54). The average molecular weight is 845 g/mol. The molecule has 16 nitrogen and oxygen atoms in total. The van der Waals surface area contributed by atoms with Crippen LogP contribution in [0.1, 0.15) is 50.2 Å². The van der Waals surface area contributed by atoms with Crippen molar-refractivity contribution in [3.8, 4) is 11.1 Å². The van der Waals surface area contributed by atoms with Crippen molar-refractivity contribution in [2.24, 2.45) is 0 Å². The first-order valence-electron chi connectivity index (χ1n) is 20.8. The van der Waals surface area contributed by atoms with Gasteiger partial charge in [-0.2, -0.15) is 9.03 Å². The van der Waals surface area contributed by atoms with E-state index in [0.29, 0.717) is 52.7 Å². The Balaban J connectivity index is 0.776. The van der Waals surface area contributed by atoms with Gasteiger partial charge in [0.2, 0.25) is 11.3 Å². The highest BCUT2D eigenvalue weighted by Crippen LogP contribution is 2.30. The Bertz CT molecular complexity index is 3330. The molecule has 0 aliphatic rings. The quantitative estimate of drug-likeness (QED) is 0.0888. The van der Waals surface area contributed by atoms with Gasteiger partial charge in [0.25, 0.3) is 11.8 Å². The second-order valence-electron chi connectivity index (χ2n) is 15.6. The molecule has 1 unspecified atom stereocenters. The lowest BCUT2D eigenvalue weighted by Gasteiger charge is -2.15. The Morgan fingerprint density at radius 1 is 0.594 bits per heavy atom. The fraction of sp³-hybridized carbons (Fsp3) is 0.125. The summed E-state index contributed by atoms with van der Waals surface area (Å²) in [5.41, 5.74) is 11.9. The van der Waals surface area contributed by atoms with Crippen LogP contribution in [0.3, 0.4) is 0 Å². The minimum atomic E-state index is -0.173. The number of hydrogen-bond acceptors (Lipinski definition) is 12. The number of nitrogens with one attached hydrogen (secondary N) is 4. The summed E-state index contributed by atoms with van der Waals surface area (Å²) in [6.07, 6.45) is 0.758. The van der Waals surface area contributed by atoms with Crippen molar-refractivity contribution < 1.29 is 9.59 Å². The first-order chi connectivity index (χ1) is 31.3. The van der Waals surface area contributed by atoms with Gasteiger partial charge in [-0.15, -0.1) is 10.2 Å². The van der Waals surface area contributed by atoms with Gasteiger partial charge in [-0.3, -0.25) is 9.59 Å². The third-order valence-electron chi connectivity index (χ3n) is 11.1. The van der Waals surface area contributed by atoms with Crippen LogP contribution in [0.15, 0.2) is 140 Å². The molecule has 0 aliphatic heterocycles. The molecule has 0 radical (unpaired) electrons. The van der Waals surface area contributed by atoms with Gasteiger partial charge in [0, 0.05) is 35.6 Å². The smallest absolute Gasteiger partial charge is 0.251 e. The maximum atomic E-state index is 13.3. The zero-order chi connectivity index (χ0) is 43.6. The molecule has 0 spiro atoms. The van der Waals surface area contributed by atoms with E-state index >= 15 is 0 Å². The Labute approximate surface area is 365 Å². The minimum absolute atomic E-state index is 0.0255. The Morgan fingerprint density at radius 3 is 1.86 bits per heavy atom.